The van der Waals surface area contributed by atoms with Crippen LogP contribution in [0.2, 0.25) is 0 Å². The second-order valence-electron chi connectivity index (χ2n) is 7.83. The van der Waals surface area contributed by atoms with E-state index in [4.69, 9.17) is 5.73 Å². The third kappa shape index (κ3) is 3.83. The normalized spacial score (nSPS) is 19.9. The number of piperidine rings is 1. The summed E-state index contributed by atoms with van der Waals surface area (Å²) in [7, 11) is 0. The van der Waals surface area contributed by atoms with E-state index >= 15 is 0 Å². The average Bonchev–Trinajstić information content (AvgIpc) is 2.66. The van der Waals surface area contributed by atoms with E-state index in [2.05, 4.69) is 9.97 Å². The highest BCUT2D eigenvalue weighted by Gasteiger charge is 2.32. The van der Waals surface area contributed by atoms with Gasteiger partial charge in [-0.25, -0.2) is 18.7 Å². The Morgan fingerprint density at radius 3 is 2.38 bits per heavy atom. The summed E-state index contributed by atoms with van der Waals surface area (Å²) in [5.41, 5.74) is 7.58. The summed E-state index contributed by atoms with van der Waals surface area (Å²) in [5.74, 6) is -1.67. The molecule has 1 aliphatic carbocycles. The van der Waals surface area contributed by atoms with Gasteiger partial charge in [0.05, 0.1) is 17.0 Å². The summed E-state index contributed by atoms with van der Waals surface area (Å²) in [5, 5.41) is 0. The maximum atomic E-state index is 13.6. The number of halogens is 2. The molecule has 4 rings (SSSR count). The molecule has 1 aromatic heterocycles. The lowest BCUT2D eigenvalue weighted by Crippen LogP contribution is -2.39. The maximum Gasteiger partial charge on any atom is 0.225 e. The van der Waals surface area contributed by atoms with Crippen LogP contribution >= 0.6 is 0 Å². The van der Waals surface area contributed by atoms with E-state index < -0.39 is 11.6 Å². The van der Waals surface area contributed by atoms with Gasteiger partial charge in [0.2, 0.25) is 11.9 Å². The highest BCUT2D eigenvalue weighted by atomic mass is 19.1. The number of nitrogens with zero attached hydrogens (tertiary/aromatic N) is 3. The number of nitrogens with two attached hydrogens (primary N) is 1. The van der Waals surface area contributed by atoms with Crippen molar-refractivity contribution in [2.75, 3.05) is 18.0 Å². The zero-order chi connectivity index (χ0) is 20.7. The van der Waals surface area contributed by atoms with E-state index in [0.29, 0.717) is 60.8 Å². The van der Waals surface area contributed by atoms with Gasteiger partial charge < -0.3 is 10.6 Å². The van der Waals surface area contributed by atoms with Crippen LogP contribution < -0.4 is 10.6 Å². The van der Waals surface area contributed by atoms with E-state index in [9.17, 15) is 18.4 Å². The van der Waals surface area contributed by atoms with Gasteiger partial charge in [-0.3, -0.25) is 9.59 Å². The number of fused-ring (bicyclic) bond motifs is 1. The third-order valence-electron chi connectivity index (χ3n) is 5.84. The van der Waals surface area contributed by atoms with E-state index in [-0.39, 0.29) is 29.9 Å². The average molecular weight is 400 g/mol. The van der Waals surface area contributed by atoms with Crippen LogP contribution in [0, 0.1) is 24.5 Å². The molecule has 1 saturated heterocycles. The number of hydrogen-bond acceptors (Lipinski definition) is 5. The van der Waals surface area contributed by atoms with Crippen molar-refractivity contribution in [1.29, 1.82) is 0 Å². The second kappa shape index (κ2) is 7.50. The summed E-state index contributed by atoms with van der Waals surface area (Å²) < 4.78 is 27.3. The minimum absolute atomic E-state index is 0.114. The van der Waals surface area contributed by atoms with Crippen LogP contribution in [-0.4, -0.2) is 34.7 Å². The topological polar surface area (TPSA) is 89.2 Å². The molecule has 8 heteroatoms. The summed E-state index contributed by atoms with van der Waals surface area (Å²) >= 11 is 0. The van der Waals surface area contributed by atoms with Gasteiger partial charge in [0.1, 0.15) is 11.6 Å². The fourth-order valence-corrected chi connectivity index (χ4v) is 4.31. The van der Waals surface area contributed by atoms with Crippen LogP contribution in [0.15, 0.2) is 18.2 Å². The monoisotopic (exact) mass is 400 g/mol. The first-order valence-electron chi connectivity index (χ1n) is 9.72. The number of carbonyl (C=O) groups is 2. The Hall–Kier alpha value is -2.90. The first-order valence-corrected chi connectivity index (χ1v) is 9.72. The van der Waals surface area contributed by atoms with Gasteiger partial charge in [-0.1, -0.05) is 0 Å². The molecule has 6 nitrogen and oxygen atoms in total. The number of aryl methyl sites for hydroxylation is 1. The Kier molecular flexibility index (Phi) is 5.02. The summed E-state index contributed by atoms with van der Waals surface area (Å²) in [6, 6.07) is 3.37. The Labute approximate surface area is 167 Å². The number of benzene rings is 1. The molecule has 2 heterocycles. The Morgan fingerprint density at radius 2 is 1.76 bits per heavy atom. The van der Waals surface area contributed by atoms with Crippen molar-refractivity contribution < 1.29 is 18.4 Å². The molecule has 1 fully saturated rings. The van der Waals surface area contributed by atoms with Gasteiger partial charge in [0.25, 0.3) is 0 Å². The van der Waals surface area contributed by atoms with E-state index in [1.807, 2.05) is 4.90 Å². The number of amides is 1. The predicted octanol–water partition coefficient (Wildman–Crippen LogP) is 2.68. The molecule has 2 N–H and O–H groups in total. The number of carbonyl (C=O) groups excluding carboxylic acids is 2. The second-order valence-corrected chi connectivity index (χ2v) is 7.83. The molecule has 152 valence electrons. The Morgan fingerprint density at radius 1 is 1.10 bits per heavy atom. The smallest absolute Gasteiger partial charge is 0.225 e. The predicted molar refractivity (Wildman–Crippen MR) is 103 cm³/mol. The zero-order valence-corrected chi connectivity index (χ0v) is 16.1. The van der Waals surface area contributed by atoms with Crippen molar-refractivity contribution in [2.45, 2.75) is 38.5 Å². The molecule has 2 aliphatic rings. The molecule has 0 radical (unpaired) electrons. The molecule has 0 unspecified atom stereocenters. The van der Waals surface area contributed by atoms with Gasteiger partial charge in [-0.15, -0.1) is 0 Å². The van der Waals surface area contributed by atoms with Gasteiger partial charge in [-0.2, -0.15) is 0 Å². The van der Waals surface area contributed by atoms with Crippen molar-refractivity contribution in [3.63, 3.8) is 0 Å². The highest BCUT2D eigenvalue weighted by Crippen LogP contribution is 2.34. The fourth-order valence-electron chi connectivity index (χ4n) is 4.31. The van der Waals surface area contributed by atoms with Gasteiger partial charge in [0.15, 0.2) is 5.78 Å². The van der Waals surface area contributed by atoms with Crippen molar-refractivity contribution >= 4 is 17.6 Å². The minimum Gasteiger partial charge on any atom is -0.369 e. The first kappa shape index (κ1) is 19.4. The highest BCUT2D eigenvalue weighted by molar-refractivity contribution is 5.99. The maximum absolute atomic E-state index is 13.6. The molecule has 2 aromatic rings. The lowest BCUT2D eigenvalue weighted by molar-refractivity contribution is -0.122. The number of hydrogen-bond donors (Lipinski definition) is 1. The van der Waals surface area contributed by atoms with E-state index in [1.54, 1.807) is 6.92 Å². The molecular formula is C21H22F2N4O2. The first-order chi connectivity index (χ1) is 13.8. The standard InChI is InChI=1S/C21H22F2N4O2/c1-11-19-17(26-21(25-11)27-4-2-12(3-5-27)20(24)29)8-14(9-18(19)28)13-6-15(22)10-16(23)7-13/h6-7,10,12,14H,2-5,8-9H2,1H3,(H2,24,29)/t14-/m1/s1. The number of primary amides is 1. The lowest BCUT2D eigenvalue weighted by Gasteiger charge is -2.32. The SMILES string of the molecule is Cc1nc(N2CCC(C(N)=O)CC2)nc2c1C(=O)C[C@H](c1cc(F)cc(F)c1)C2. The van der Waals surface area contributed by atoms with Crippen LogP contribution in [0.4, 0.5) is 14.7 Å². The third-order valence-corrected chi connectivity index (χ3v) is 5.84. The van der Waals surface area contributed by atoms with E-state index in [0.717, 1.165) is 6.07 Å². The minimum atomic E-state index is -0.657. The number of Topliss-reactive ketones (excluding diaryl/α,β-unsaturated/α-hetero) is 1. The quantitative estimate of drug-likeness (QED) is 0.856. The summed E-state index contributed by atoms with van der Waals surface area (Å²) in [4.78, 5) is 35.2. The summed E-state index contributed by atoms with van der Waals surface area (Å²) in [6.45, 7) is 3.00. The van der Waals surface area contributed by atoms with Crippen LogP contribution in [-0.2, 0) is 11.2 Å². The van der Waals surface area contributed by atoms with Gasteiger partial charge >= 0.3 is 0 Å². The number of anilines is 1. The van der Waals surface area contributed by atoms with Crippen LogP contribution in [0.1, 0.15) is 52.5 Å². The molecule has 0 saturated carbocycles. The molecule has 1 aliphatic heterocycles. The molecule has 1 atom stereocenters. The Bertz CT molecular complexity index is 967. The number of ketones is 1. The molecule has 1 aromatic carbocycles. The summed E-state index contributed by atoms with van der Waals surface area (Å²) in [6.07, 6.45) is 1.86. The van der Waals surface area contributed by atoms with Crippen LogP contribution in [0.3, 0.4) is 0 Å². The van der Waals surface area contributed by atoms with Gasteiger partial charge in [0, 0.05) is 31.5 Å². The van der Waals surface area contributed by atoms with Crippen LogP contribution in [0.25, 0.3) is 0 Å². The molecule has 1 amide bonds. The largest absolute Gasteiger partial charge is 0.369 e. The van der Waals surface area contributed by atoms with Crippen molar-refractivity contribution in [3.8, 4) is 0 Å². The number of aromatic nitrogens is 2. The molecular weight excluding hydrogens is 378 g/mol. The zero-order valence-electron chi connectivity index (χ0n) is 16.1. The van der Waals surface area contributed by atoms with Crippen LogP contribution in [0.5, 0.6) is 0 Å². The van der Waals surface area contributed by atoms with Crippen molar-refractivity contribution in [2.24, 2.45) is 11.7 Å². The van der Waals surface area contributed by atoms with Crippen molar-refractivity contribution in [1.82, 2.24) is 9.97 Å². The van der Waals surface area contributed by atoms with Gasteiger partial charge in [-0.05, 0) is 49.8 Å². The number of rotatable bonds is 3. The molecule has 0 spiro atoms. The Balaban J connectivity index is 1.62. The fraction of sp³-hybridized carbons (Fsp3) is 0.429. The van der Waals surface area contributed by atoms with Crippen molar-refractivity contribution in [3.05, 3.63) is 52.3 Å². The molecule has 0 bridgehead atoms. The molecule has 29 heavy (non-hydrogen) atoms. The lowest BCUT2D eigenvalue weighted by atomic mass is 9.81. The van der Waals surface area contributed by atoms with E-state index in [1.165, 1.54) is 12.1 Å².